The highest BCUT2D eigenvalue weighted by atomic mass is 16.1. The van der Waals surface area contributed by atoms with Crippen molar-refractivity contribution in [2.45, 2.75) is 5.41 Å². The summed E-state index contributed by atoms with van der Waals surface area (Å²) in [6.45, 7) is 0. The topological polar surface area (TPSA) is 42.9 Å². The van der Waals surface area contributed by atoms with Crippen molar-refractivity contribution in [3.63, 3.8) is 0 Å². The Hall–Kier alpha value is -5.93. The standard InChI is InChI=1S/C42H26N2O/c45-41(30-8-2-1-3-9-30)31-20-18-28(19-21-31)27-14-16-29(17-15-27)32-22-23-36-34(26-32)33-10-4-5-11-35(33)42(36)37-12-6-24-43-39(37)40-38(42)13-7-25-44-40/h1-26H. The quantitative estimate of drug-likeness (QED) is 0.197. The second-order valence-corrected chi connectivity index (χ2v) is 11.7. The molecule has 0 bridgehead atoms. The van der Waals surface area contributed by atoms with Gasteiger partial charge >= 0.3 is 0 Å². The SMILES string of the molecule is O=C(c1ccccc1)c1ccc(-c2ccc(-c3ccc4c(c3)-c3ccccc3C43c4cccnc4-c4ncccc43)cc2)cc1. The largest absolute Gasteiger partial charge is 0.289 e. The lowest BCUT2D eigenvalue weighted by molar-refractivity contribution is 0.103. The number of carbonyl (C=O) groups is 1. The molecule has 3 nitrogen and oxygen atoms in total. The molecule has 7 aromatic rings. The molecule has 210 valence electrons. The van der Waals surface area contributed by atoms with Gasteiger partial charge in [0.05, 0.1) is 16.8 Å². The van der Waals surface area contributed by atoms with Crippen LogP contribution in [-0.4, -0.2) is 15.8 Å². The summed E-state index contributed by atoms with van der Waals surface area (Å²) in [6, 6.07) is 50.2. The minimum absolute atomic E-state index is 0.0366. The molecular weight excluding hydrogens is 548 g/mol. The number of rotatable bonds is 4. The number of fused-ring (bicyclic) bond motifs is 10. The predicted molar refractivity (Wildman–Crippen MR) is 179 cm³/mol. The van der Waals surface area contributed by atoms with E-state index in [9.17, 15) is 4.79 Å². The van der Waals surface area contributed by atoms with Crippen molar-refractivity contribution in [1.29, 1.82) is 0 Å². The van der Waals surface area contributed by atoms with Crippen LogP contribution in [0.25, 0.3) is 44.8 Å². The van der Waals surface area contributed by atoms with Crippen molar-refractivity contribution in [2.24, 2.45) is 0 Å². The molecule has 2 aliphatic rings. The van der Waals surface area contributed by atoms with Gasteiger partial charge in [-0.2, -0.15) is 0 Å². The highest BCUT2D eigenvalue weighted by molar-refractivity contribution is 6.09. The first-order chi connectivity index (χ1) is 22.2. The maximum absolute atomic E-state index is 12.9. The summed E-state index contributed by atoms with van der Waals surface area (Å²) in [5.74, 6) is 0.0366. The van der Waals surface area contributed by atoms with Gasteiger partial charge in [0.15, 0.2) is 5.78 Å². The van der Waals surface area contributed by atoms with E-state index in [0.717, 1.165) is 28.1 Å². The molecule has 0 amide bonds. The van der Waals surface area contributed by atoms with Gasteiger partial charge in [-0.25, -0.2) is 0 Å². The lowest BCUT2D eigenvalue weighted by Gasteiger charge is -2.29. The monoisotopic (exact) mass is 574 g/mol. The van der Waals surface area contributed by atoms with Crippen molar-refractivity contribution in [3.05, 3.63) is 191 Å². The third kappa shape index (κ3) is 3.68. The summed E-state index contributed by atoms with van der Waals surface area (Å²) in [6.07, 6.45) is 3.73. The molecule has 0 fully saturated rings. The van der Waals surface area contributed by atoms with Gasteiger partial charge in [0.25, 0.3) is 0 Å². The van der Waals surface area contributed by atoms with Crippen LogP contribution in [0.4, 0.5) is 0 Å². The van der Waals surface area contributed by atoms with Crippen molar-refractivity contribution >= 4 is 5.78 Å². The molecule has 3 heteroatoms. The second-order valence-electron chi connectivity index (χ2n) is 11.7. The molecule has 0 N–H and O–H groups in total. The Bertz CT molecular complexity index is 2220. The molecule has 0 aliphatic heterocycles. The average Bonchev–Trinajstić information content (AvgIpc) is 3.59. The maximum atomic E-state index is 12.9. The first kappa shape index (κ1) is 25.6. The van der Waals surface area contributed by atoms with Crippen LogP contribution >= 0.6 is 0 Å². The molecule has 45 heavy (non-hydrogen) atoms. The van der Waals surface area contributed by atoms with Gasteiger partial charge < -0.3 is 0 Å². The molecule has 2 aliphatic carbocycles. The Morgan fingerprint density at radius 1 is 0.422 bits per heavy atom. The number of carbonyl (C=O) groups excluding carboxylic acids is 1. The van der Waals surface area contributed by atoms with E-state index >= 15 is 0 Å². The summed E-state index contributed by atoms with van der Waals surface area (Å²) in [7, 11) is 0. The van der Waals surface area contributed by atoms with Gasteiger partial charge in [0.2, 0.25) is 0 Å². The zero-order valence-electron chi connectivity index (χ0n) is 24.3. The Labute approximate surface area is 261 Å². The minimum Gasteiger partial charge on any atom is -0.289 e. The number of aromatic nitrogens is 2. The van der Waals surface area contributed by atoms with Crippen LogP contribution in [0.2, 0.25) is 0 Å². The van der Waals surface area contributed by atoms with Crippen LogP contribution in [0.5, 0.6) is 0 Å². The smallest absolute Gasteiger partial charge is 0.193 e. The fraction of sp³-hybridized carbons (Fsp3) is 0.0238. The number of hydrogen-bond donors (Lipinski definition) is 0. The number of ketones is 1. The molecule has 0 saturated heterocycles. The molecule has 2 aromatic heterocycles. The number of pyridine rings is 2. The zero-order valence-corrected chi connectivity index (χ0v) is 24.3. The van der Waals surface area contributed by atoms with Gasteiger partial charge in [-0.3, -0.25) is 14.8 Å². The van der Waals surface area contributed by atoms with Gasteiger partial charge in [-0.1, -0.05) is 127 Å². The van der Waals surface area contributed by atoms with Crippen molar-refractivity contribution in [2.75, 3.05) is 0 Å². The first-order valence-corrected chi connectivity index (χ1v) is 15.2. The Balaban J connectivity index is 1.10. The van der Waals surface area contributed by atoms with Crippen LogP contribution < -0.4 is 0 Å². The molecule has 2 heterocycles. The molecule has 0 atom stereocenters. The number of hydrogen-bond acceptors (Lipinski definition) is 3. The van der Waals surface area contributed by atoms with E-state index < -0.39 is 5.41 Å². The zero-order chi connectivity index (χ0) is 30.0. The summed E-state index contributed by atoms with van der Waals surface area (Å²) >= 11 is 0. The first-order valence-electron chi connectivity index (χ1n) is 15.2. The van der Waals surface area contributed by atoms with E-state index in [1.54, 1.807) is 0 Å². The highest BCUT2D eigenvalue weighted by Gasteiger charge is 2.52. The van der Waals surface area contributed by atoms with Gasteiger partial charge in [0, 0.05) is 23.5 Å². The molecular formula is C42H26N2O. The maximum Gasteiger partial charge on any atom is 0.193 e. The summed E-state index contributed by atoms with van der Waals surface area (Å²) < 4.78 is 0. The Morgan fingerprint density at radius 2 is 0.911 bits per heavy atom. The van der Waals surface area contributed by atoms with E-state index in [-0.39, 0.29) is 5.78 Å². The lowest BCUT2D eigenvalue weighted by Crippen LogP contribution is -2.25. The number of nitrogens with zero attached hydrogens (tertiary/aromatic N) is 2. The molecule has 0 radical (unpaired) electrons. The highest BCUT2D eigenvalue weighted by Crippen LogP contribution is 2.62. The summed E-state index contributed by atoms with van der Waals surface area (Å²) in [4.78, 5) is 22.5. The van der Waals surface area contributed by atoms with E-state index in [2.05, 4.69) is 78.9 Å². The van der Waals surface area contributed by atoms with Crippen molar-refractivity contribution in [3.8, 4) is 44.8 Å². The molecule has 0 unspecified atom stereocenters. The normalized spacial score (nSPS) is 13.2. The lowest BCUT2D eigenvalue weighted by atomic mass is 9.71. The Kier molecular flexibility index (Phi) is 5.56. The second kappa shape index (κ2) is 9.80. The van der Waals surface area contributed by atoms with Crippen molar-refractivity contribution < 1.29 is 4.79 Å². The minimum atomic E-state index is -0.435. The van der Waals surface area contributed by atoms with Crippen LogP contribution in [0.1, 0.15) is 38.2 Å². The van der Waals surface area contributed by atoms with Crippen LogP contribution in [0, 0.1) is 0 Å². The van der Waals surface area contributed by atoms with E-state index in [0.29, 0.717) is 11.1 Å². The fourth-order valence-corrected chi connectivity index (χ4v) is 7.41. The van der Waals surface area contributed by atoms with E-state index in [1.807, 2.05) is 79.1 Å². The summed E-state index contributed by atoms with van der Waals surface area (Å²) in [5, 5.41) is 0. The Morgan fingerprint density at radius 3 is 1.58 bits per heavy atom. The molecule has 9 rings (SSSR count). The average molecular weight is 575 g/mol. The van der Waals surface area contributed by atoms with Crippen LogP contribution in [0.15, 0.2) is 158 Å². The molecule has 0 saturated carbocycles. The van der Waals surface area contributed by atoms with Crippen molar-refractivity contribution in [1.82, 2.24) is 9.97 Å². The third-order valence-corrected chi connectivity index (χ3v) is 9.43. The van der Waals surface area contributed by atoms with Gasteiger partial charge in [-0.05, 0) is 73.8 Å². The molecule has 1 spiro atoms. The van der Waals surface area contributed by atoms with Gasteiger partial charge in [0.1, 0.15) is 0 Å². The van der Waals surface area contributed by atoms with E-state index in [4.69, 9.17) is 9.97 Å². The van der Waals surface area contributed by atoms with Crippen LogP contribution in [-0.2, 0) is 5.41 Å². The van der Waals surface area contributed by atoms with Gasteiger partial charge in [-0.15, -0.1) is 0 Å². The summed E-state index contributed by atoms with van der Waals surface area (Å²) in [5.41, 5.74) is 14.9. The third-order valence-electron chi connectivity index (χ3n) is 9.43. The molecule has 5 aromatic carbocycles. The predicted octanol–water partition coefficient (Wildman–Crippen LogP) is 9.39. The number of benzene rings is 5. The van der Waals surface area contributed by atoms with Crippen LogP contribution in [0.3, 0.4) is 0 Å². The fourth-order valence-electron chi connectivity index (χ4n) is 7.41. The van der Waals surface area contributed by atoms with E-state index in [1.165, 1.54) is 38.9 Å².